The lowest BCUT2D eigenvalue weighted by atomic mass is 10.1. The highest BCUT2D eigenvalue weighted by Crippen LogP contribution is 2.21. The van der Waals surface area contributed by atoms with Gasteiger partial charge >= 0.3 is 0 Å². The maximum absolute atomic E-state index is 6.05. The number of rotatable bonds is 16. The van der Waals surface area contributed by atoms with Crippen molar-refractivity contribution in [1.82, 2.24) is 9.97 Å². The van der Waals surface area contributed by atoms with E-state index in [4.69, 9.17) is 4.74 Å². The van der Waals surface area contributed by atoms with Gasteiger partial charge in [0.15, 0.2) is 5.82 Å². The summed E-state index contributed by atoms with van der Waals surface area (Å²) in [7, 11) is 0. The average Bonchev–Trinajstić information content (AvgIpc) is 2.77. The lowest BCUT2D eigenvalue weighted by Crippen LogP contribution is -2.11. The van der Waals surface area contributed by atoms with Crippen LogP contribution in [-0.4, -0.2) is 16.1 Å². The Morgan fingerprint density at radius 1 is 0.733 bits per heavy atom. The van der Waals surface area contributed by atoms with E-state index in [1.807, 2.05) is 24.5 Å². The Morgan fingerprint density at radius 2 is 1.30 bits per heavy atom. The third kappa shape index (κ3) is 9.73. The molecule has 166 valence electrons. The van der Waals surface area contributed by atoms with Crippen LogP contribution in [0.25, 0.3) is 11.4 Å². The van der Waals surface area contributed by atoms with Crippen LogP contribution in [0, 0.1) is 0 Å². The summed E-state index contributed by atoms with van der Waals surface area (Å²) >= 11 is 0. The van der Waals surface area contributed by atoms with Gasteiger partial charge in [-0.25, -0.2) is 9.97 Å². The van der Waals surface area contributed by atoms with Crippen molar-refractivity contribution < 1.29 is 4.74 Å². The van der Waals surface area contributed by atoms with Crippen LogP contribution in [0.1, 0.15) is 103 Å². The van der Waals surface area contributed by atoms with E-state index in [1.165, 1.54) is 76.2 Å². The molecule has 0 radical (unpaired) electrons. The van der Waals surface area contributed by atoms with Crippen molar-refractivity contribution in [3.8, 4) is 17.1 Å². The molecule has 30 heavy (non-hydrogen) atoms. The van der Waals surface area contributed by atoms with Crippen LogP contribution in [0.5, 0.6) is 5.75 Å². The molecule has 0 bridgehead atoms. The van der Waals surface area contributed by atoms with E-state index in [-0.39, 0.29) is 6.10 Å². The smallest absolute Gasteiger partial charge is 0.159 e. The van der Waals surface area contributed by atoms with E-state index in [9.17, 15) is 0 Å². The first kappa shape index (κ1) is 24.4. The standard InChI is InChI=1S/C27H42N2O/c1-4-6-8-10-11-12-14-16-24-21-28-27(29-22-24)25-17-19-26(20-18-25)30-23(3)15-13-9-7-5-2/h17-23H,4-16H2,1-3H3. The SMILES string of the molecule is CCCCCCCCCc1cnc(-c2ccc(OC(C)CCCCCC)cc2)nc1. The summed E-state index contributed by atoms with van der Waals surface area (Å²) < 4.78 is 6.05. The van der Waals surface area contributed by atoms with Crippen LogP contribution >= 0.6 is 0 Å². The molecule has 0 saturated heterocycles. The number of hydrogen-bond donors (Lipinski definition) is 0. The van der Waals surface area contributed by atoms with Gasteiger partial charge < -0.3 is 4.74 Å². The van der Waals surface area contributed by atoms with E-state index in [2.05, 4.69) is 42.9 Å². The van der Waals surface area contributed by atoms with Crippen molar-refractivity contribution in [3.63, 3.8) is 0 Å². The number of ether oxygens (including phenoxy) is 1. The fourth-order valence-electron chi connectivity index (χ4n) is 3.75. The molecule has 0 spiro atoms. The zero-order valence-electron chi connectivity index (χ0n) is 19.5. The molecule has 0 aliphatic heterocycles. The number of nitrogens with zero attached hydrogens (tertiary/aromatic N) is 2. The molecule has 1 aromatic heterocycles. The molecule has 1 heterocycles. The topological polar surface area (TPSA) is 35.0 Å². The summed E-state index contributed by atoms with van der Waals surface area (Å²) in [5, 5.41) is 0. The van der Waals surface area contributed by atoms with Crippen LogP contribution in [-0.2, 0) is 6.42 Å². The molecule has 1 aromatic carbocycles. The molecule has 0 aliphatic rings. The van der Waals surface area contributed by atoms with Gasteiger partial charge in [-0.05, 0) is 62.4 Å². The largest absolute Gasteiger partial charge is 0.491 e. The van der Waals surface area contributed by atoms with Gasteiger partial charge in [-0.15, -0.1) is 0 Å². The minimum Gasteiger partial charge on any atom is -0.491 e. The van der Waals surface area contributed by atoms with E-state index < -0.39 is 0 Å². The first-order chi connectivity index (χ1) is 14.7. The Bertz CT molecular complexity index is 666. The van der Waals surface area contributed by atoms with Crippen molar-refractivity contribution in [2.24, 2.45) is 0 Å². The van der Waals surface area contributed by atoms with E-state index >= 15 is 0 Å². The highest BCUT2D eigenvalue weighted by atomic mass is 16.5. The third-order valence-corrected chi connectivity index (χ3v) is 5.69. The molecule has 3 nitrogen and oxygen atoms in total. The summed E-state index contributed by atoms with van der Waals surface area (Å²) in [5.74, 6) is 1.72. The summed E-state index contributed by atoms with van der Waals surface area (Å²) in [6, 6.07) is 8.19. The predicted octanol–water partition coefficient (Wildman–Crippen LogP) is 8.17. The second-order valence-electron chi connectivity index (χ2n) is 8.59. The average molecular weight is 411 g/mol. The fourth-order valence-corrected chi connectivity index (χ4v) is 3.75. The van der Waals surface area contributed by atoms with Gasteiger partial charge in [0, 0.05) is 18.0 Å². The summed E-state index contributed by atoms with van der Waals surface area (Å²) in [4.78, 5) is 9.17. The normalized spacial score (nSPS) is 12.1. The van der Waals surface area contributed by atoms with Crippen LogP contribution in [0.3, 0.4) is 0 Å². The molecule has 0 fully saturated rings. The van der Waals surface area contributed by atoms with Crippen molar-refractivity contribution >= 4 is 0 Å². The van der Waals surface area contributed by atoms with Crippen molar-refractivity contribution in [2.75, 3.05) is 0 Å². The predicted molar refractivity (Wildman–Crippen MR) is 128 cm³/mol. The molecule has 1 unspecified atom stereocenters. The maximum Gasteiger partial charge on any atom is 0.159 e. The first-order valence-electron chi connectivity index (χ1n) is 12.3. The molecule has 0 aliphatic carbocycles. The van der Waals surface area contributed by atoms with E-state index in [1.54, 1.807) is 0 Å². The van der Waals surface area contributed by atoms with Crippen molar-refractivity contribution in [3.05, 3.63) is 42.2 Å². The third-order valence-electron chi connectivity index (χ3n) is 5.69. The molecule has 0 amide bonds. The van der Waals surface area contributed by atoms with Gasteiger partial charge in [0.1, 0.15) is 5.75 Å². The lowest BCUT2D eigenvalue weighted by molar-refractivity contribution is 0.206. The summed E-state index contributed by atoms with van der Waals surface area (Å²) in [6.45, 7) is 6.67. The van der Waals surface area contributed by atoms with Crippen molar-refractivity contribution in [2.45, 2.75) is 110 Å². The van der Waals surface area contributed by atoms with Crippen LogP contribution in [0.2, 0.25) is 0 Å². The van der Waals surface area contributed by atoms with Crippen molar-refractivity contribution in [1.29, 1.82) is 0 Å². The lowest BCUT2D eigenvalue weighted by Gasteiger charge is -2.14. The number of benzene rings is 1. The van der Waals surface area contributed by atoms with Crippen LogP contribution in [0.15, 0.2) is 36.7 Å². The maximum atomic E-state index is 6.05. The number of aryl methyl sites for hydroxylation is 1. The molecule has 2 rings (SSSR count). The number of unbranched alkanes of at least 4 members (excludes halogenated alkanes) is 9. The first-order valence-corrected chi connectivity index (χ1v) is 12.3. The Hall–Kier alpha value is -1.90. The van der Waals surface area contributed by atoms with Gasteiger partial charge in [-0.1, -0.05) is 71.6 Å². The molecule has 0 N–H and O–H groups in total. The highest BCUT2D eigenvalue weighted by Gasteiger charge is 2.06. The quantitative estimate of drug-likeness (QED) is 0.262. The molecule has 0 saturated carbocycles. The van der Waals surface area contributed by atoms with E-state index in [0.717, 1.165) is 30.0 Å². The Labute approximate surface area is 184 Å². The zero-order chi connectivity index (χ0) is 21.4. The van der Waals surface area contributed by atoms with E-state index in [0.29, 0.717) is 0 Å². The second-order valence-corrected chi connectivity index (χ2v) is 8.59. The fraction of sp³-hybridized carbons (Fsp3) is 0.630. The summed E-state index contributed by atoms with van der Waals surface area (Å²) in [5.41, 5.74) is 2.28. The molecule has 2 aromatic rings. The van der Waals surface area contributed by atoms with Crippen LogP contribution in [0.4, 0.5) is 0 Å². The number of aromatic nitrogens is 2. The minimum atomic E-state index is 0.259. The van der Waals surface area contributed by atoms with Gasteiger partial charge in [0.2, 0.25) is 0 Å². The van der Waals surface area contributed by atoms with Gasteiger partial charge in [0.25, 0.3) is 0 Å². The summed E-state index contributed by atoms with van der Waals surface area (Å²) in [6.07, 6.45) is 20.9. The molecule has 1 atom stereocenters. The zero-order valence-corrected chi connectivity index (χ0v) is 19.5. The number of hydrogen-bond acceptors (Lipinski definition) is 3. The Balaban J connectivity index is 1.73. The Morgan fingerprint density at radius 3 is 1.93 bits per heavy atom. The van der Waals surface area contributed by atoms with Crippen LogP contribution < -0.4 is 4.74 Å². The Kier molecular flexibility index (Phi) is 12.2. The second kappa shape index (κ2) is 15.0. The monoisotopic (exact) mass is 410 g/mol. The highest BCUT2D eigenvalue weighted by molar-refractivity contribution is 5.55. The minimum absolute atomic E-state index is 0.259. The molecule has 3 heteroatoms. The molecular formula is C27H42N2O. The van der Waals surface area contributed by atoms with Gasteiger partial charge in [-0.2, -0.15) is 0 Å². The van der Waals surface area contributed by atoms with Gasteiger partial charge in [0.05, 0.1) is 6.10 Å². The van der Waals surface area contributed by atoms with Gasteiger partial charge in [-0.3, -0.25) is 0 Å². The molecular weight excluding hydrogens is 368 g/mol.